The number of non-ortho nitro benzene ring substituents is 1. The van der Waals surface area contributed by atoms with Gasteiger partial charge in [-0.15, -0.1) is 0 Å². The molecule has 0 amide bonds. The molecule has 0 bridgehead atoms. The Balaban J connectivity index is 1.63. The van der Waals surface area contributed by atoms with Gasteiger partial charge in [-0.1, -0.05) is 12.1 Å². The summed E-state index contributed by atoms with van der Waals surface area (Å²) in [4.78, 5) is 14.8. The van der Waals surface area contributed by atoms with E-state index in [2.05, 4.69) is 10.3 Å². The molecule has 23 heavy (non-hydrogen) atoms. The van der Waals surface area contributed by atoms with Crippen LogP contribution in [0, 0.1) is 10.1 Å². The average Bonchev–Trinajstić information content (AvgIpc) is 2.61. The molecule has 0 unspecified atom stereocenters. The lowest BCUT2D eigenvalue weighted by Gasteiger charge is -2.15. The van der Waals surface area contributed by atoms with Gasteiger partial charge in [-0.05, 0) is 36.2 Å². The molecular weight excluding hydrogens is 294 g/mol. The second-order valence-electron chi connectivity index (χ2n) is 5.25. The van der Waals surface area contributed by atoms with Crippen LogP contribution in [0.5, 0.6) is 5.75 Å². The number of nitrogens with one attached hydrogen (secondary N) is 1. The standard InChI is InChI=1S/C17H17N3O3/c21-20(22)15-4-1-3-13(11-15)12-23-16-7-5-14(6-8-16)17-18-9-2-10-19-17/h1,3-8,11H,2,9-10,12H2,(H,18,19). The second-order valence-corrected chi connectivity index (χ2v) is 5.25. The van der Waals surface area contributed by atoms with Gasteiger partial charge in [-0.25, -0.2) is 0 Å². The minimum absolute atomic E-state index is 0.0721. The van der Waals surface area contributed by atoms with E-state index in [0.717, 1.165) is 42.2 Å². The van der Waals surface area contributed by atoms with Crippen LogP contribution in [-0.2, 0) is 6.61 Å². The van der Waals surface area contributed by atoms with Crippen molar-refractivity contribution in [3.63, 3.8) is 0 Å². The molecule has 0 atom stereocenters. The van der Waals surface area contributed by atoms with E-state index in [-0.39, 0.29) is 5.69 Å². The van der Waals surface area contributed by atoms with Crippen LogP contribution in [0.15, 0.2) is 53.5 Å². The topological polar surface area (TPSA) is 76.8 Å². The van der Waals surface area contributed by atoms with E-state index in [1.807, 2.05) is 30.3 Å². The predicted octanol–water partition coefficient (Wildman–Crippen LogP) is 2.91. The number of hydrogen-bond donors (Lipinski definition) is 1. The minimum atomic E-state index is -0.407. The lowest BCUT2D eigenvalue weighted by molar-refractivity contribution is -0.384. The fourth-order valence-electron chi connectivity index (χ4n) is 2.36. The molecule has 0 aromatic heterocycles. The van der Waals surface area contributed by atoms with Gasteiger partial charge >= 0.3 is 0 Å². The first-order valence-corrected chi connectivity index (χ1v) is 7.47. The summed E-state index contributed by atoms with van der Waals surface area (Å²) in [5.41, 5.74) is 1.87. The second kappa shape index (κ2) is 6.91. The Labute approximate surface area is 134 Å². The van der Waals surface area contributed by atoms with Gasteiger partial charge in [0.15, 0.2) is 0 Å². The number of rotatable bonds is 5. The summed E-state index contributed by atoms with van der Waals surface area (Å²) < 4.78 is 5.69. The molecule has 1 aliphatic rings. The highest BCUT2D eigenvalue weighted by Crippen LogP contribution is 2.17. The normalized spacial score (nSPS) is 13.8. The molecule has 2 aromatic rings. The molecule has 0 spiro atoms. The van der Waals surface area contributed by atoms with Crippen molar-refractivity contribution in [2.24, 2.45) is 4.99 Å². The molecule has 0 saturated heterocycles. The van der Waals surface area contributed by atoms with Gasteiger partial charge in [0.2, 0.25) is 0 Å². The van der Waals surface area contributed by atoms with E-state index in [1.165, 1.54) is 12.1 Å². The third kappa shape index (κ3) is 3.85. The van der Waals surface area contributed by atoms with E-state index < -0.39 is 4.92 Å². The Bertz CT molecular complexity index is 726. The lowest BCUT2D eigenvalue weighted by Crippen LogP contribution is -2.30. The van der Waals surface area contributed by atoms with Crippen LogP contribution in [-0.4, -0.2) is 23.8 Å². The zero-order chi connectivity index (χ0) is 16.1. The fraction of sp³-hybridized carbons (Fsp3) is 0.235. The quantitative estimate of drug-likeness (QED) is 0.680. The highest BCUT2D eigenvalue weighted by Gasteiger charge is 2.08. The highest BCUT2D eigenvalue weighted by atomic mass is 16.6. The van der Waals surface area contributed by atoms with Gasteiger partial charge in [-0.2, -0.15) is 0 Å². The van der Waals surface area contributed by atoms with Crippen LogP contribution in [0.2, 0.25) is 0 Å². The lowest BCUT2D eigenvalue weighted by atomic mass is 10.1. The number of nitrogens with zero attached hydrogens (tertiary/aromatic N) is 2. The summed E-state index contributed by atoms with van der Waals surface area (Å²) in [6.45, 7) is 2.09. The van der Waals surface area contributed by atoms with Gasteiger partial charge in [0.1, 0.15) is 18.2 Å². The van der Waals surface area contributed by atoms with Crippen LogP contribution in [0.3, 0.4) is 0 Å². The van der Waals surface area contributed by atoms with Crippen LogP contribution in [0.4, 0.5) is 5.69 Å². The summed E-state index contributed by atoms with van der Waals surface area (Å²) in [7, 11) is 0. The molecule has 0 radical (unpaired) electrons. The van der Waals surface area contributed by atoms with Crippen molar-refractivity contribution in [3.05, 3.63) is 69.8 Å². The number of ether oxygens (including phenoxy) is 1. The Morgan fingerprint density at radius 1 is 1.22 bits per heavy atom. The van der Waals surface area contributed by atoms with Crippen molar-refractivity contribution in [3.8, 4) is 5.75 Å². The summed E-state index contributed by atoms with van der Waals surface area (Å²) in [6, 6.07) is 14.1. The Kier molecular flexibility index (Phi) is 4.52. The van der Waals surface area contributed by atoms with Gasteiger partial charge in [0, 0.05) is 30.8 Å². The van der Waals surface area contributed by atoms with Crippen molar-refractivity contribution in [1.82, 2.24) is 5.32 Å². The Morgan fingerprint density at radius 2 is 2.04 bits per heavy atom. The van der Waals surface area contributed by atoms with Crippen LogP contribution in [0.25, 0.3) is 0 Å². The Hall–Kier alpha value is -2.89. The fourth-order valence-corrected chi connectivity index (χ4v) is 2.36. The molecule has 1 heterocycles. The molecule has 2 aromatic carbocycles. The molecule has 6 heteroatoms. The maximum atomic E-state index is 10.8. The summed E-state index contributed by atoms with van der Waals surface area (Å²) >= 11 is 0. The van der Waals surface area contributed by atoms with Gasteiger partial charge in [0.05, 0.1) is 4.92 Å². The van der Waals surface area contributed by atoms with Crippen molar-refractivity contribution in [2.75, 3.05) is 13.1 Å². The molecule has 6 nitrogen and oxygen atoms in total. The molecule has 1 aliphatic heterocycles. The molecule has 1 N–H and O–H groups in total. The smallest absolute Gasteiger partial charge is 0.269 e. The summed E-state index contributed by atoms with van der Waals surface area (Å²) in [5, 5.41) is 14.0. The van der Waals surface area contributed by atoms with E-state index in [0.29, 0.717) is 6.61 Å². The number of nitro groups is 1. The van der Waals surface area contributed by atoms with Crippen LogP contribution < -0.4 is 10.1 Å². The summed E-state index contributed by atoms with van der Waals surface area (Å²) in [5.74, 6) is 1.64. The predicted molar refractivity (Wildman–Crippen MR) is 87.9 cm³/mol. The number of hydrogen-bond acceptors (Lipinski definition) is 5. The Morgan fingerprint density at radius 3 is 2.74 bits per heavy atom. The van der Waals surface area contributed by atoms with Gasteiger partial charge in [0.25, 0.3) is 5.69 Å². The van der Waals surface area contributed by atoms with Crippen molar-refractivity contribution < 1.29 is 9.66 Å². The number of benzene rings is 2. The minimum Gasteiger partial charge on any atom is -0.489 e. The third-order valence-corrected chi connectivity index (χ3v) is 3.55. The van der Waals surface area contributed by atoms with Crippen molar-refractivity contribution >= 4 is 11.5 Å². The maximum Gasteiger partial charge on any atom is 0.269 e. The molecule has 0 fully saturated rings. The highest BCUT2D eigenvalue weighted by molar-refractivity contribution is 5.99. The van der Waals surface area contributed by atoms with E-state index in [4.69, 9.17) is 4.74 Å². The number of amidine groups is 1. The third-order valence-electron chi connectivity index (χ3n) is 3.55. The molecular formula is C17H17N3O3. The van der Waals surface area contributed by atoms with Crippen LogP contribution >= 0.6 is 0 Å². The molecule has 3 rings (SSSR count). The monoisotopic (exact) mass is 311 g/mol. The molecule has 118 valence electrons. The first-order chi connectivity index (χ1) is 11.2. The largest absolute Gasteiger partial charge is 0.489 e. The molecule has 0 saturated carbocycles. The van der Waals surface area contributed by atoms with Crippen molar-refractivity contribution in [1.29, 1.82) is 0 Å². The van der Waals surface area contributed by atoms with E-state index in [1.54, 1.807) is 6.07 Å². The number of aliphatic imine (C=N–C) groups is 1. The molecule has 0 aliphatic carbocycles. The van der Waals surface area contributed by atoms with Crippen LogP contribution in [0.1, 0.15) is 17.5 Å². The SMILES string of the molecule is O=[N+]([O-])c1cccc(COc2ccc(C3=NCCCN3)cc2)c1. The zero-order valence-corrected chi connectivity index (χ0v) is 12.6. The van der Waals surface area contributed by atoms with Gasteiger partial charge in [-0.3, -0.25) is 15.1 Å². The van der Waals surface area contributed by atoms with E-state index >= 15 is 0 Å². The zero-order valence-electron chi connectivity index (χ0n) is 12.6. The number of nitro benzene ring substituents is 1. The summed E-state index contributed by atoms with van der Waals surface area (Å²) in [6.07, 6.45) is 1.06. The first kappa shape index (κ1) is 15.0. The van der Waals surface area contributed by atoms with Gasteiger partial charge < -0.3 is 10.1 Å². The van der Waals surface area contributed by atoms with E-state index in [9.17, 15) is 10.1 Å². The first-order valence-electron chi connectivity index (χ1n) is 7.47. The average molecular weight is 311 g/mol. The van der Waals surface area contributed by atoms with Crippen molar-refractivity contribution in [2.45, 2.75) is 13.0 Å². The maximum absolute atomic E-state index is 10.8.